The van der Waals surface area contributed by atoms with Crippen molar-refractivity contribution in [2.24, 2.45) is 11.7 Å². The maximum Gasteiger partial charge on any atom is 0.323 e. The van der Waals surface area contributed by atoms with E-state index in [-0.39, 0.29) is 12.5 Å². The number of aliphatic carboxylic acids is 1. The molecule has 0 bridgehead atoms. The number of hydrogen-bond donors (Lipinski definition) is 2. The predicted octanol–water partition coefficient (Wildman–Crippen LogP) is 1.22. The zero-order valence-electron chi connectivity index (χ0n) is 11.3. The van der Waals surface area contributed by atoms with Crippen molar-refractivity contribution in [3.63, 3.8) is 0 Å². The first-order valence-corrected chi connectivity index (χ1v) is 6.69. The van der Waals surface area contributed by atoms with Gasteiger partial charge in [0.15, 0.2) is 0 Å². The van der Waals surface area contributed by atoms with Crippen LogP contribution in [0.4, 0.5) is 0 Å². The van der Waals surface area contributed by atoms with Crippen LogP contribution in [-0.4, -0.2) is 40.5 Å². The van der Waals surface area contributed by atoms with Crippen LogP contribution in [0.1, 0.15) is 46.0 Å². The minimum absolute atomic E-state index is 0.196. The third kappa shape index (κ3) is 3.70. The molecular weight excluding hydrogens is 232 g/mol. The quantitative estimate of drug-likeness (QED) is 0.774. The number of nitrogens with two attached hydrogens (primary N) is 1. The molecule has 0 aromatic heterocycles. The van der Waals surface area contributed by atoms with Crippen LogP contribution in [0.3, 0.4) is 0 Å². The van der Waals surface area contributed by atoms with E-state index >= 15 is 0 Å². The zero-order valence-corrected chi connectivity index (χ0v) is 11.3. The smallest absolute Gasteiger partial charge is 0.323 e. The summed E-state index contributed by atoms with van der Waals surface area (Å²) in [5, 5.41) is 8.86. The summed E-state index contributed by atoms with van der Waals surface area (Å²) in [5.41, 5.74) is 5.36. The summed E-state index contributed by atoms with van der Waals surface area (Å²) < 4.78 is 0. The Morgan fingerprint density at radius 1 is 1.50 bits per heavy atom. The second kappa shape index (κ2) is 6.18. The highest BCUT2D eigenvalue weighted by Crippen LogP contribution is 2.31. The Morgan fingerprint density at radius 3 is 2.67 bits per heavy atom. The summed E-state index contributed by atoms with van der Waals surface area (Å²) in [6, 6.07) is 0. The Balaban J connectivity index is 2.77. The first-order valence-electron chi connectivity index (χ1n) is 6.69. The van der Waals surface area contributed by atoms with Crippen LogP contribution in [0.25, 0.3) is 0 Å². The van der Waals surface area contributed by atoms with Gasteiger partial charge in [-0.3, -0.25) is 9.59 Å². The minimum atomic E-state index is -0.982. The molecule has 0 saturated heterocycles. The molecule has 0 spiro atoms. The van der Waals surface area contributed by atoms with Crippen molar-refractivity contribution < 1.29 is 14.7 Å². The summed E-state index contributed by atoms with van der Waals surface area (Å²) in [5.74, 6) is -0.747. The molecule has 0 aromatic carbocycles. The molecule has 1 amide bonds. The van der Waals surface area contributed by atoms with Crippen molar-refractivity contribution in [2.75, 3.05) is 13.1 Å². The van der Waals surface area contributed by atoms with Gasteiger partial charge in [-0.15, -0.1) is 0 Å². The van der Waals surface area contributed by atoms with Gasteiger partial charge in [0.05, 0.1) is 5.54 Å². The van der Waals surface area contributed by atoms with E-state index in [2.05, 4.69) is 6.92 Å². The molecule has 0 aliphatic heterocycles. The van der Waals surface area contributed by atoms with Crippen LogP contribution in [-0.2, 0) is 9.59 Å². The lowest BCUT2D eigenvalue weighted by Crippen LogP contribution is -2.58. The molecule has 1 saturated carbocycles. The van der Waals surface area contributed by atoms with E-state index in [1.807, 2.05) is 6.92 Å². The Kier molecular flexibility index (Phi) is 5.14. The normalized spacial score (nSPS) is 27.8. The second-order valence-corrected chi connectivity index (χ2v) is 5.48. The molecule has 1 aliphatic rings. The molecule has 0 radical (unpaired) electrons. The molecule has 18 heavy (non-hydrogen) atoms. The molecule has 3 N–H and O–H groups in total. The third-order valence-corrected chi connectivity index (χ3v) is 3.57. The van der Waals surface area contributed by atoms with Crippen LogP contribution in [0.15, 0.2) is 0 Å². The van der Waals surface area contributed by atoms with Crippen molar-refractivity contribution >= 4 is 11.9 Å². The van der Waals surface area contributed by atoms with E-state index in [0.29, 0.717) is 25.3 Å². The number of hydrogen-bond acceptors (Lipinski definition) is 3. The highest BCUT2D eigenvalue weighted by molar-refractivity contribution is 5.88. The van der Waals surface area contributed by atoms with Gasteiger partial charge in [-0.1, -0.05) is 26.7 Å². The molecule has 1 aliphatic carbocycles. The minimum Gasteiger partial charge on any atom is -0.480 e. The van der Waals surface area contributed by atoms with E-state index in [1.54, 1.807) is 0 Å². The Labute approximate surface area is 108 Å². The van der Waals surface area contributed by atoms with Gasteiger partial charge in [0.25, 0.3) is 0 Å². The Bertz CT molecular complexity index is 319. The fraction of sp³-hybridized carbons (Fsp3) is 0.846. The van der Waals surface area contributed by atoms with Crippen LogP contribution in [0, 0.1) is 5.92 Å². The number of carboxylic acids is 1. The largest absolute Gasteiger partial charge is 0.480 e. The fourth-order valence-corrected chi connectivity index (χ4v) is 2.79. The van der Waals surface area contributed by atoms with Crippen molar-refractivity contribution in [1.82, 2.24) is 4.90 Å². The van der Waals surface area contributed by atoms with Gasteiger partial charge < -0.3 is 15.7 Å². The zero-order chi connectivity index (χ0) is 13.8. The molecule has 1 rings (SSSR count). The molecule has 5 heteroatoms. The van der Waals surface area contributed by atoms with Gasteiger partial charge in [0.2, 0.25) is 5.91 Å². The van der Waals surface area contributed by atoms with Crippen molar-refractivity contribution in [1.29, 1.82) is 0 Å². The Hall–Kier alpha value is -1.10. The van der Waals surface area contributed by atoms with E-state index in [4.69, 9.17) is 10.8 Å². The fourth-order valence-electron chi connectivity index (χ4n) is 2.79. The maximum absolute atomic E-state index is 12.4. The van der Waals surface area contributed by atoms with Crippen molar-refractivity contribution in [2.45, 2.75) is 51.5 Å². The second-order valence-electron chi connectivity index (χ2n) is 5.48. The number of rotatable bonds is 5. The van der Waals surface area contributed by atoms with Crippen LogP contribution in [0.2, 0.25) is 0 Å². The SMILES string of the molecule is CCCN(CC(=O)O)C(=O)C1(N)CCCC(C)C1. The molecular formula is C13H24N2O3. The lowest BCUT2D eigenvalue weighted by Gasteiger charge is -2.38. The van der Waals surface area contributed by atoms with Gasteiger partial charge >= 0.3 is 5.97 Å². The monoisotopic (exact) mass is 256 g/mol. The highest BCUT2D eigenvalue weighted by Gasteiger charge is 2.40. The summed E-state index contributed by atoms with van der Waals surface area (Å²) >= 11 is 0. The molecule has 104 valence electrons. The average Bonchev–Trinajstić information content (AvgIpc) is 2.26. The van der Waals surface area contributed by atoms with Crippen LogP contribution < -0.4 is 5.73 Å². The van der Waals surface area contributed by atoms with E-state index in [9.17, 15) is 9.59 Å². The summed E-state index contributed by atoms with van der Waals surface area (Å²) in [6.45, 7) is 4.22. The summed E-state index contributed by atoms with van der Waals surface area (Å²) in [7, 11) is 0. The number of carbonyl (C=O) groups excluding carboxylic acids is 1. The summed E-state index contributed by atoms with van der Waals surface area (Å²) in [4.78, 5) is 24.6. The van der Waals surface area contributed by atoms with Gasteiger partial charge in [-0.2, -0.15) is 0 Å². The first-order chi connectivity index (χ1) is 8.39. The topological polar surface area (TPSA) is 83.6 Å². The van der Waals surface area contributed by atoms with Crippen LogP contribution >= 0.6 is 0 Å². The lowest BCUT2D eigenvalue weighted by atomic mass is 9.76. The average molecular weight is 256 g/mol. The number of carbonyl (C=O) groups is 2. The molecule has 0 aromatic rings. The van der Waals surface area contributed by atoms with E-state index < -0.39 is 11.5 Å². The first kappa shape index (κ1) is 15.0. The van der Waals surface area contributed by atoms with Gasteiger partial charge in [0.1, 0.15) is 6.54 Å². The predicted molar refractivity (Wildman–Crippen MR) is 69.1 cm³/mol. The third-order valence-electron chi connectivity index (χ3n) is 3.57. The highest BCUT2D eigenvalue weighted by atomic mass is 16.4. The molecule has 5 nitrogen and oxygen atoms in total. The van der Waals surface area contributed by atoms with E-state index in [1.165, 1.54) is 4.90 Å². The lowest BCUT2D eigenvalue weighted by molar-refractivity contribution is -0.148. The number of carboxylic acid groups (broad SMARTS) is 1. The number of nitrogens with zero attached hydrogens (tertiary/aromatic N) is 1. The van der Waals surface area contributed by atoms with Crippen molar-refractivity contribution in [3.05, 3.63) is 0 Å². The maximum atomic E-state index is 12.4. The molecule has 2 atom stereocenters. The van der Waals surface area contributed by atoms with Gasteiger partial charge in [-0.25, -0.2) is 0 Å². The Morgan fingerprint density at radius 2 is 2.17 bits per heavy atom. The van der Waals surface area contributed by atoms with E-state index in [0.717, 1.165) is 19.3 Å². The molecule has 0 heterocycles. The number of amides is 1. The summed E-state index contributed by atoms with van der Waals surface area (Å²) in [6.07, 6.45) is 4.10. The van der Waals surface area contributed by atoms with Gasteiger partial charge in [-0.05, 0) is 25.2 Å². The molecule has 2 unspecified atom stereocenters. The molecule has 1 fully saturated rings. The standard InChI is InChI=1S/C13H24N2O3/c1-3-7-15(9-11(16)17)12(18)13(14)6-4-5-10(2)8-13/h10H,3-9,14H2,1-2H3,(H,16,17). The van der Waals surface area contributed by atoms with Crippen molar-refractivity contribution in [3.8, 4) is 0 Å². The van der Waals surface area contributed by atoms with Crippen LogP contribution in [0.5, 0.6) is 0 Å². The van der Waals surface area contributed by atoms with Gasteiger partial charge in [0, 0.05) is 6.54 Å².